The Balaban J connectivity index is 1.63. The number of carbonyl (C=O) groups is 1. The molecule has 1 amide bonds. The summed E-state index contributed by atoms with van der Waals surface area (Å²) in [4.78, 5) is 12.6. The largest absolute Gasteiger partial charge is 0.488 e. The molecule has 0 aromatic heterocycles. The van der Waals surface area contributed by atoms with Gasteiger partial charge in [0.15, 0.2) is 0 Å². The van der Waals surface area contributed by atoms with Crippen molar-refractivity contribution in [2.45, 2.75) is 6.61 Å². The van der Waals surface area contributed by atoms with Gasteiger partial charge in [-0.15, -0.1) is 0 Å². The number of benzene rings is 4. The van der Waals surface area contributed by atoms with Crippen molar-refractivity contribution in [2.24, 2.45) is 0 Å². The molecule has 0 aliphatic rings. The van der Waals surface area contributed by atoms with E-state index in [9.17, 15) is 10.1 Å². The van der Waals surface area contributed by atoms with Gasteiger partial charge in [-0.05, 0) is 40.8 Å². The Morgan fingerprint density at radius 3 is 2.19 bits per heavy atom. The van der Waals surface area contributed by atoms with Crippen molar-refractivity contribution in [2.75, 3.05) is 5.32 Å². The van der Waals surface area contributed by atoms with Crippen LogP contribution >= 0.6 is 0 Å². The molecule has 0 aliphatic carbocycles. The summed E-state index contributed by atoms with van der Waals surface area (Å²) in [6, 6.07) is 32.6. The molecule has 0 saturated heterocycles. The van der Waals surface area contributed by atoms with Gasteiger partial charge in [-0.1, -0.05) is 78.9 Å². The van der Waals surface area contributed by atoms with Gasteiger partial charge in [0.25, 0.3) is 5.91 Å². The molecule has 4 rings (SSSR count). The minimum absolute atomic E-state index is 0.0342. The zero-order valence-corrected chi connectivity index (χ0v) is 16.8. The summed E-state index contributed by atoms with van der Waals surface area (Å²) in [5.74, 6) is 0.311. The third kappa shape index (κ3) is 4.80. The normalized spacial score (nSPS) is 11.0. The van der Waals surface area contributed by atoms with Crippen molar-refractivity contribution in [1.82, 2.24) is 0 Å². The molecule has 0 heterocycles. The third-order valence-electron chi connectivity index (χ3n) is 4.85. The number of rotatable bonds is 6. The molecule has 0 bridgehead atoms. The summed E-state index contributed by atoms with van der Waals surface area (Å²) in [6.45, 7) is 0.461. The lowest BCUT2D eigenvalue weighted by atomic mass is 10.0. The number of fused-ring (bicyclic) bond motifs is 1. The highest BCUT2D eigenvalue weighted by Crippen LogP contribution is 2.30. The average Bonchev–Trinajstić information content (AvgIpc) is 2.83. The molecule has 0 aliphatic heterocycles. The van der Waals surface area contributed by atoms with Crippen LogP contribution in [0.15, 0.2) is 103 Å². The van der Waals surface area contributed by atoms with Crippen LogP contribution in [0, 0.1) is 11.3 Å². The van der Waals surface area contributed by atoms with Gasteiger partial charge in [-0.2, -0.15) is 5.26 Å². The number of carbonyl (C=O) groups excluding carboxylic acids is 1. The minimum Gasteiger partial charge on any atom is -0.488 e. The quantitative estimate of drug-likeness (QED) is 0.318. The zero-order valence-electron chi connectivity index (χ0n) is 16.8. The zero-order chi connectivity index (χ0) is 21.5. The van der Waals surface area contributed by atoms with Crippen molar-refractivity contribution < 1.29 is 9.53 Å². The van der Waals surface area contributed by atoms with E-state index in [2.05, 4.69) is 5.32 Å². The fraction of sp³-hybridized carbons (Fsp3) is 0.0370. The number of amides is 1. The van der Waals surface area contributed by atoms with Gasteiger partial charge in [-0.3, -0.25) is 4.79 Å². The highest BCUT2D eigenvalue weighted by molar-refractivity contribution is 6.11. The molecule has 4 aromatic carbocycles. The van der Waals surface area contributed by atoms with Gasteiger partial charge in [0.05, 0.1) is 0 Å². The van der Waals surface area contributed by atoms with E-state index in [1.54, 1.807) is 18.2 Å². The van der Waals surface area contributed by atoms with E-state index in [-0.39, 0.29) is 5.57 Å². The molecule has 0 unspecified atom stereocenters. The Hall–Kier alpha value is -4.36. The van der Waals surface area contributed by atoms with Crippen LogP contribution in [0.2, 0.25) is 0 Å². The Labute approximate surface area is 181 Å². The van der Waals surface area contributed by atoms with Gasteiger partial charge < -0.3 is 10.1 Å². The summed E-state index contributed by atoms with van der Waals surface area (Å²) in [7, 11) is 0. The number of ether oxygens (including phenoxy) is 1. The van der Waals surface area contributed by atoms with E-state index >= 15 is 0 Å². The maximum Gasteiger partial charge on any atom is 0.266 e. The molecule has 0 saturated carbocycles. The number of para-hydroxylation sites is 1. The first-order valence-electron chi connectivity index (χ1n) is 9.91. The molecule has 0 atom stereocenters. The summed E-state index contributed by atoms with van der Waals surface area (Å²) >= 11 is 0. The van der Waals surface area contributed by atoms with Crippen molar-refractivity contribution in [1.29, 1.82) is 5.26 Å². The first-order valence-corrected chi connectivity index (χ1v) is 9.91. The molecule has 0 spiro atoms. The highest BCUT2D eigenvalue weighted by atomic mass is 16.5. The van der Waals surface area contributed by atoms with Gasteiger partial charge in [-0.25, -0.2) is 0 Å². The fourth-order valence-corrected chi connectivity index (χ4v) is 3.31. The molecule has 0 fully saturated rings. The summed E-state index contributed by atoms with van der Waals surface area (Å²) < 4.78 is 6.05. The Morgan fingerprint density at radius 2 is 1.48 bits per heavy atom. The average molecular weight is 404 g/mol. The molecular weight excluding hydrogens is 384 g/mol. The van der Waals surface area contributed by atoms with Crippen LogP contribution < -0.4 is 10.1 Å². The highest BCUT2D eigenvalue weighted by Gasteiger charge is 2.12. The summed E-state index contributed by atoms with van der Waals surface area (Å²) in [5.41, 5.74) is 2.54. The maximum absolute atomic E-state index is 12.6. The topological polar surface area (TPSA) is 62.1 Å². The second kappa shape index (κ2) is 9.43. The Kier molecular flexibility index (Phi) is 6.06. The van der Waals surface area contributed by atoms with Crippen LogP contribution in [-0.4, -0.2) is 5.91 Å². The Morgan fingerprint density at radius 1 is 0.839 bits per heavy atom. The first-order chi connectivity index (χ1) is 15.2. The van der Waals surface area contributed by atoms with E-state index in [4.69, 9.17) is 4.74 Å². The van der Waals surface area contributed by atoms with Crippen LogP contribution in [0.5, 0.6) is 5.75 Å². The fourth-order valence-electron chi connectivity index (χ4n) is 3.31. The van der Waals surface area contributed by atoms with E-state index in [1.807, 2.05) is 91.0 Å². The lowest BCUT2D eigenvalue weighted by Gasteiger charge is -2.12. The molecule has 4 nitrogen and oxygen atoms in total. The van der Waals surface area contributed by atoms with Crippen LogP contribution in [-0.2, 0) is 11.4 Å². The van der Waals surface area contributed by atoms with Crippen molar-refractivity contribution in [3.05, 3.63) is 114 Å². The molecule has 31 heavy (non-hydrogen) atoms. The number of nitrogens with one attached hydrogen (secondary N) is 1. The molecular formula is C27H20N2O2. The summed E-state index contributed by atoms with van der Waals surface area (Å²) in [6.07, 6.45) is 1.61. The number of nitriles is 1. The predicted molar refractivity (Wildman–Crippen MR) is 123 cm³/mol. The Bertz CT molecular complexity index is 1270. The molecule has 1 N–H and O–H groups in total. The van der Waals surface area contributed by atoms with Crippen molar-refractivity contribution in [3.63, 3.8) is 0 Å². The standard InChI is InChI=1S/C27H20N2O2/c28-18-22(27(30)29-23-11-5-2-6-12-23)17-21-15-16-26(25-14-8-7-13-24(21)25)31-19-20-9-3-1-4-10-20/h1-17H,19H2,(H,29,30)/b22-17-. The van der Waals surface area contributed by atoms with Crippen LogP contribution in [0.1, 0.15) is 11.1 Å². The number of anilines is 1. The third-order valence-corrected chi connectivity index (χ3v) is 4.85. The first kappa shape index (κ1) is 19.9. The van der Waals surface area contributed by atoms with E-state index < -0.39 is 5.91 Å². The second-order valence-electron chi connectivity index (χ2n) is 6.96. The van der Waals surface area contributed by atoms with Gasteiger partial charge in [0.2, 0.25) is 0 Å². The van der Waals surface area contributed by atoms with E-state index in [0.717, 1.165) is 27.6 Å². The smallest absolute Gasteiger partial charge is 0.266 e. The molecule has 4 aromatic rings. The van der Waals surface area contributed by atoms with Crippen LogP contribution in [0.3, 0.4) is 0 Å². The SMILES string of the molecule is N#C/C(=C/c1ccc(OCc2ccccc2)c2ccccc12)C(=O)Nc1ccccc1. The molecule has 0 radical (unpaired) electrons. The van der Waals surface area contributed by atoms with Crippen LogP contribution in [0.4, 0.5) is 5.69 Å². The van der Waals surface area contributed by atoms with Crippen LogP contribution in [0.25, 0.3) is 16.8 Å². The second-order valence-corrected chi connectivity index (χ2v) is 6.96. The lowest BCUT2D eigenvalue weighted by molar-refractivity contribution is -0.112. The minimum atomic E-state index is -0.442. The number of hydrogen-bond acceptors (Lipinski definition) is 3. The predicted octanol–water partition coefficient (Wildman–Crippen LogP) is 5.96. The number of hydrogen-bond donors (Lipinski definition) is 1. The van der Waals surface area contributed by atoms with Crippen molar-refractivity contribution in [3.8, 4) is 11.8 Å². The van der Waals surface area contributed by atoms with E-state index in [0.29, 0.717) is 12.3 Å². The lowest BCUT2D eigenvalue weighted by Crippen LogP contribution is -2.13. The van der Waals surface area contributed by atoms with Gasteiger partial charge in [0, 0.05) is 11.1 Å². The molecule has 150 valence electrons. The maximum atomic E-state index is 12.6. The summed E-state index contributed by atoms with van der Waals surface area (Å²) in [5, 5.41) is 14.2. The van der Waals surface area contributed by atoms with Gasteiger partial charge >= 0.3 is 0 Å². The van der Waals surface area contributed by atoms with Gasteiger partial charge in [0.1, 0.15) is 24.0 Å². The number of nitrogens with zero attached hydrogens (tertiary/aromatic N) is 1. The monoisotopic (exact) mass is 404 g/mol. The van der Waals surface area contributed by atoms with Crippen molar-refractivity contribution >= 4 is 28.4 Å². The van der Waals surface area contributed by atoms with E-state index in [1.165, 1.54) is 0 Å². The molecule has 4 heteroatoms.